The van der Waals surface area contributed by atoms with Crippen LogP contribution in [0.3, 0.4) is 0 Å². The molecular formula is C23H17ClF2N4O4S. The lowest BCUT2D eigenvalue weighted by Crippen LogP contribution is -2.41. The van der Waals surface area contributed by atoms with Gasteiger partial charge in [-0.2, -0.15) is 9.29 Å². The van der Waals surface area contributed by atoms with Crippen LogP contribution in [-0.2, 0) is 21.4 Å². The number of rotatable bonds is 8. The number of aromatic nitrogens is 2. The van der Waals surface area contributed by atoms with Gasteiger partial charge in [0.2, 0.25) is 28.1 Å². The van der Waals surface area contributed by atoms with Crippen LogP contribution < -0.4 is 5.73 Å². The Kier molecular flexibility index (Phi) is 6.92. The molecule has 0 aliphatic carbocycles. The number of halogens is 3. The van der Waals surface area contributed by atoms with Crippen molar-refractivity contribution in [1.82, 2.24) is 14.4 Å². The van der Waals surface area contributed by atoms with Gasteiger partial charge in [-0.05, 0) is 47.5 Å². The Morgan fingerprint density at radius 2 is 1.66 bits per heavy atom. The second kappa shape index (κ2) is 9.90. The molecule has 0 saturated heterocycles. The van der Waals surface area contributed by atoms with Crippen molar-refractivity contribution in [2.24, 2.45) is 5.73 Å². The molecule has 1 atom stereocenters. The minimum Gasteiger partial charge on any atom is -0.368 e. The van der Waals surface area contributed by atoms with Gasteiger partial charge in [-0.1, -0.05) is 41.0 Å². The number of amides is 1. The van der Waals surface area contributed by atoms with Gasteiger partial charge in [0.05, 0.1) is 4.90 Å². The van der Waals surface area contributed by atoms with Crippen molar-refractivity contribution in [3.05, 3.63) is 101 Å². The highest BCUT2D eigenvalue weighted by Gasteiger charge is 2.36. The summed E-state index contributed by atoms with van der Waals surface area (Å²) < 4.78 is 60.8. The maximum Gasteiger partial charge on any atom is 0.244 e. The average molecular weight is 519 g/mol. The van der Waals surface area contributed by atoms with Crippen LogP contribution in [0.25, 0.3) is 11.4 Å². The van der Waals surface area contributed by atoms with Crippen LogP contribution in [0.5, 0.6) is 0 Å². The number of hydrogen-bond acceptors (Lipinski definition) is 6. The van der Waals surface area contributed by atoms with E-state index in [9.17, 15) is 22.0 Å². The predicted octanol–water partition coefficient (Wildman–Crippen LogP) is 4.09. The van der Waals surface area contributed by atoms with Gasteiger partial charge in [0.15, 0.2) is 0 Å². The van der Waals surface area contributed by atoms with Gasteiger partial charge in [0, 0.05) is 23.2 Å². The predicted molar refractivity (Wildman–Crippen MR) is 122 cm³/mol. The molecule has 2 N–H and O–H groups in total. The summed E-state index contributed by atoms with van der Waals surface area (Å²) in [6.45, 7) is -0.344. The second-order valence-corrected chi connectivity index (χ2v) is 9.79. The lowest BCUT2D eigenvalue weighted by atomic mass is 10.0. The van der Waals surface area contributed by atoms with Gasteiger partial charge in [-0.3, -0.25) is 4.79 Å². The van der Waals surface area contributed by atoms with Crippen LogP contribution in [0.4, 0.5) is 8.78 Å². The highest BCUT2D eigenvalue weighted by Crippen LogP contribution is 2.31. The molecule has 1 heterocycles. The van der Waals surface area contributed by atoms with Crippen LogP contribution in [0, 0.1) is 11.6 Å². The van der Waals surface area contributed by atoms with E-state index in [4.69, 9.17) is 21.9 Å². The van der Waals surface area contributed by atoms with Crippen molar-refractivity contribution < 1.29 is 26.5 Å². The van der Waals surface area contributed by atoms with Crippen molar-refractivity contribution in [3.63, 3.8) is 0 Å². The van der Waals surface area contributed by atoms with E-state index >= 15 is 0 Å². The number of carbonyl (C=O) groups is 1. The van der Waals surface area contributed by atoms with Crippen molar-refractivity contribution in [2.45, 2.75) is 17.5 Å². The van der Waals surface area contributed by atoms with E-state index in [1.54, 1.807) is 24.3 Å². The van der Waals surface area contributed by atoms with Gasteiger partial charge in [0.25, 0.3) is 0 Å². The lowest BCUT2D eigenvalue weighted by Gasteiger charge is -2.29. The molecule has 0 spiro atoms. The molecule has 3 aromatic carbocycles. The number of primary amides is 1. The number of hydrogen-bond donors (Lipinski definition) is 1. The summed E-state index contributed by atoms with van der Waals surface area (Å²) >= 11 is 5.89. The zero-order valence-electron chi connectivity index (χ0n) is 17.8. The number of nitrogens with zero attached hydrogens (tertiary/aromatic N) is 3. The first-order valence-electron chi connectivity index (χ1n) is 10.0. The molecule has 1 amide bonds. The summed E-state index contributed by atoms with van der Waals surface area (Å²) in [7, 11) is -4.40. The van der Waals surface area contributed by atoms with Crippen molar-refractivity contribution in [3.8, 4) is 11.4 Å². The number of carbonyl (C=O) groups excluding carboxylic acids is 1. The first kappa shape index (κ1) is 24.5. The van der Waals surface area contributed by atoms with E-state index in [1.165, 1.54) is 30.7 Å². The highest BCUT2D eigenvalue weighted by atomic mass is 35.5. The van der Waals surface area contributed by atoms with Gasteiger partial charge >= 0.3 is 0 Å². The first-order chi connectivity index (χ1) is 16.6. The van der Waals surface area contributed by atoms with Crippen LogP contribution in [0.15, 0.2) is 82.5 Å². The van der Waals surface area contributed by atoms with Gasteiger partial charge < -0.3 is 10.3 Å². The number of benzene rings is 3. The Morgan fingerprint density at radius 1 is 1.03 bits per heavy atom. The summed E-state index contributed by atoms with van der Waals surface area (Å²) in [5.74, 6) is -2.76. The molecule has 8 nitrogen and oxygen atoms in total. The van der Waals surface area contributed by atoms with E-state index in [0.29, 0.717) is 28.0 Å². The minimum absolute atomic E-state index is 0.187. The number of nitrogens with two attached hydrogens (primary N) is 1. The Morgan fingerprint density at radius 3 is 2.20 bits per heavy atom. The molecule has 35 heavy (non-hydrogen) atoms. The minimum atomic E-state index is -4.40. The molecule has 4 aromatic rings. The van der Waals surface area contributed by atoms with E-state index in [1.807, 2.05) is 0 Å². The molecule has 1 aromatic heterocycles. The molecular weight excluding hydrogens is 502 g/mol. The fraction of sp³-hybridized carbons (Fsp3) is 0.0870. The normalized spacial score (nSPS) is 12.6. The van der Waals surface area contributed by atoms with Crippen molar-refractivity contribution >= 4 is 27.5 Å². The molecule has 1 unspecified atom stereocenters. The third-order valence-corrected chi connectivity index (χ3v) is 7.17. The van der Waals surface area contributed by atoms with Crippen LogP contribution in [0.1, 0.15) is 17.2 Å². The third-order valence-electron chi connectivity index (χ3n) is 5.09. The SMILES string of the molecule is NC(=O)C(c1cc(F)cc(F)c1)N(Cc1ccc(-c2ncon2)cc1)S(=O)(=O)c1ccc(Cl)cc1. The molecule has 0 aliphatic heterocycles. The van der Waals surface area contributed by atoms with Crippen LogP contribution in [-0.4, -0.2) is 28.8 Å². The molecule has 0 bridgehead atoms. The lowest BCUT2D eigenvalue weighted by molar-refractivity contribution is -0.122. The molecule has 4 rings (SSSR count). The van der Waals surface area contributed by atoms with E-state index in [-0.39, 0.29) is 17.0 Å². The first-order valence-corrected chi connectivity index (χ1v) is 11.9. The Balaban J connectivity index is 1.80. The molecule has 0 radical (unpaired) electrons. The molecule has 0 aliphatic rings. The standard InChI is InChI=1S/C23H17ClF2N4O4S/c24-17-5-7-20(8-6-17)35(32,33)30(21(22(27)31)16-9-18(25)11-19(26)10-16)12-14-1-3-15(4-2-14)23-28-13-34-29-23/h1-11,13,21H,12H2,(H2,27,31). The summed E-state index contributed by atoms with van der Waals surface area (Å²) in [5.41, 5.74) is 6.38. The smallest absolute Gasteiger partial charge is 0.244 e. The summed E-state index contributed by atoms with van der Waals surface area (Å²) in [6.07, 6.45) is 1.17. The highest BCUT2D eigenvalue weighted by molar-refractivity contribution is 7.89. The fourth-order valence-corrected chi connectivity index (χ4v) is 5.20. The average Bonchev–Trinajstić information content (AvgIpc) is 3.33. The van der Waals surface area contributed by atoms with Gasteiger partial charge in [-0.25, -0.2) is 17.2 Å². The number of sulfonamides is 1. The monoisotopic (exact) mass is 518 g/mol. The summed E-state index contributed by atoms with van der Waals surface area (Å²) in [4.78, 5) is 16.3. The van der Waals surface area contributed by atoms with Gasteiger partial charge in [0.1, 0.15) is 17.7 Å². The maximum atomic E-state index is 14.0. The van der Waals surface area contributed by atoms with Crippen LogP contribution >= 0.6 is 11.6 Å². The summed E-state index contributed by atoms with van der Waals surface area (Å²) in [6, 6.07) is 12.3. The molecule has 12 heteroatoms. The topological polar surface area (TPSA) is 119 Å². The fourth-order valence-electron chi connectivity index (χ4n) is 3.50. The zero-order chi connectivity index (χ0) is 25.2. The van der Waals surface area contributed by atoms with Crippen molar-refractivity contribution in [1.29, 1.82) is 0 Å². The molecule has 0 saturated carbocycles. The Hall–Kier alpha value is -3.67. The van der Waals surface area contributed by atoms with E-state index in [2.05, 4.69) is 10.1 Å². The Labute approximate surface area is 204 Å². The van der Waals surface area contributed by atoms with Crippen molar-refractivity contribution in [2.75, 3.05) is 0 Å². The second-order valence-electron chi connectivity index (χ2n) is 7.46. The largest absolute Gasteiger partial charge is 0.368 e. The van der Waals surface area contributed by atoms with E-state index < -0.39 is 33.6 Å². The summed E-state index contributed by atoms with van der Waals surface area (Å²) in [5, 5.41) is 4.03. The Bertz CT molecular complexity index is 1430. The maximum absolute atomic E-state index is 14.0. The van der Waals surface area contributed by atoms with E-state index in [0.717, 1.165) is 16.4 Å². The van der Waals surface area contributed by atoms with Crippen LogP contribution in [0.2, 0.25) is 5.02 Å². The molecule has 0 fully saturated rings. The third kappa shape index (κ3) is 5.37. The quantitative estimate of drug-likeness (QED) is 0.375. The molecule has 180 valence electrons. The van der Waals surface area contributed by atoms with Gasteiger partial charge in [-0.15, -0.1) is 0 Å². The zero-order valence-corrected chi connectivity index (χ0v) is 19.4.